The minimum atomic E-state index is -5.81. The lowest BCUT2D eigenvalue weighted by atomic mass is 9.93. The van der Waals surface area contributed by atoms with Crippen molar-refractivity contribution in [3.05, 3.63) is 23.5 Å². The van der Waals surface area contributed by atoms with E-state index in [0.29, 0.717) is 19.4 Å². The molecule has 2 heterocycles. The highest BCUT2D eigenvalue weighted by atomic mass is 31.3. The number of urea groups is 1. The molecule has 9 N–H and O–H groups in total. The Balaban J connectivity index is 2.24. The summed E-state index contributed by atoms with van der Waals surface area (Å²) in [5.41, 5.74) is -2.46. The number of aliphatic hydroxyl groups excluding tert-OH is 2. The van der Waals surface area contributed by atoms with Gasteiger partial charge in [0.1, 0.15) is 30.7 Å². The average Bonchev–Trinajstić information content (AvgIpc) is 3.41. The Labute approximate surface area is 226 Å². The average molecular weight is 632 g/mol. The molecule has 2 amide bonds. The van der Waals surface area contributed by atoms with E-state index >= 15 is 0 Å². The number of amidine groups is 1. The minimum absolute atomic E-state index is 0.0654. The molecule has 6 atom stereocenters. The van der Waals surface area contributed by atoms with Crippen molar-refractivity contribution in [3.63, 3.8) is 0 Å². The first-order chi connectivity index (χ1) is 18.4. The Morgan fingerprint density at radius 3 is 2.38 bits per heavy atom. The molecule has 0 saturated carbocycles. The number of amides is 2. The summed E-state index contributed by atoms with van der Waals surface area (Å²) in [6, 6.07) is 3.69. The topological polar surface area (TPSA) is 318 Å². The van der Waals surface area contributed by atoms with Crippen molar-refractivity contribution in [1.29, 1.82) is 10.7 Å². The number of aromatic amines is 1. The molecule has 0 radical (unpaired) electrons. The summed E-state index contributed by atoms with van der Waals surface area (Å²) in [7, 11) is -17.0. The summed E-state index contributed by atoms with van der Waals surface area (Å²) >= 11 is 0. The molecule has 1 fully saturated rings. The number of hydrogen-bond acceptors (Lipinski definition) is 12. The number of carbonyl (C=O) groups excluding carboxylic acids is 1. The summed E-state index contributed by atoms with van der Waals surface area (Å²) in [6.45, 7) is 3.08. The summed E-state index contributed by atoms with van der Waals surface area (Å²) in [4.78, 5) is 56.3. The molecular weight excluding hydrogens is 605 g/mol. The molecule has 1 aliphatic rings. The third kappa shape index (κ3) is 8.35. The second kappa shape index (κ2) is 13.1. The molecule has 23 heteroatoms. The predicted octanol–water partition coefficient (Wildman–Crippen LogP) is -0.397. The number of nitriles is 1. The lowest BCUT2D eigenvalue weighted by Crippen LogP contribution is -2.43. The molecular formula is C17H27N6O14P3. The molecule has 40 heavy (non-hydrogen) atoms. The van der Waals surface area contributed by atoms with Crippen LogP contribution in [0.25, 0.3) is 0 Å². The first-order valence-corrected chi connectivity index (χ1v) is 15.5. The molecule has 1 saturated heterocycles. The number of nitrogens with one attached hydrogen (secondary N) is 3. The van der Waals surface area contributed by atoms with E-state index in [4.69, 9.17) is 19.9 Å². The van der Waals surface area contributed by atoms with Crippen LogP contribution in [-0.2, 0) is 37.2 Å². The van der Waals surface area contributed by atoms with E-state index in [1.807, 2.05) is 0 Å². The molecule has 1 aromatic heterocycles. The molecule has 2 rings (SSSR count). The standard InChI is InChI=1S/C17H27N6O14P3/c1-3-23(4-2)16(26)22-15(20-9-19)10-5-6-12(21-10)17(8-18)14(25)13(24)11(35-17)7-34-39(30,31)37-40(32,33)36-38(27,28)29/h5-6,9,11,13-14,21,24-25H,3-4,7H2,1-2H3,(H,30,31)(H,32,33)(H2,27,28,29)(H2,19,20,22,26)/t11-,13-,14-,17+/m1/s1. The normalized spacial score (nSPS) is 26.4. The number of aromatic nitrogens is 1. The van der Waals surface area contributed by atoms with Gasteiger partial charge < -0.3 is 44.4 Å². The maximum Gasteiger partial charge on any atom is 0.490 e. The minimum Gasteiger partial charge on any atom is -0.387 e. The van der Waals surface area contributed by atoms with Crippen molar-refractivity contribution in [3.8, 4) is 6.07 Å². The molecule has 0 aliphatic carbocycles. The fourth-order valence-corrected chi connectivity index (χ4v) is 6.51. The first-order valence-electron chi connectivity index (χ1n) is 11.0. The highest BCUT2D eigenvalue weighted by Gasteiger charge is 2.57. The zero-order valence-corrected chi connectivity index (χ0v) is 23.4. The van der Waals surface area contributed by atoms with Gasteiger partial charge in [0.25, 0.3) is 0 Å². The van der Waals surface area contributed by atoms with Crippen molar-refractivity contribution in [2.75, 3.05) is 19.7 Å². The molecule has 1 aliphatic heterocycles. The van der Waals surface area contributed by atoms with Gasteiger partial charge in [0.05, 0.1) is 18.0 Å². The van der Waals surface area contributed by atoms with Crippen LogP contribution in [0.3, 0.4) is 0 Å². The largest absolute Gasteiger partial charge is 0.490 e. The molecule has 0 bridgehead atoms. The molecule has 20 nitrogen and oxygen atoms in total. The van der Waals surface area contributed by atoms with Crippen molar-refractivity contribution in [2.24, 2.45) is 4.99 Å². The van der Waals surface area contributed by atoms with Crippen LogP contribution in [0.4, 0.5) is 4.79 Å². The number of ether oxygens (including phenoxy) is 1. The molecule has 0 spiro atoms. The second-order valence-electron chi connectivity index (χ2n) is 7.82. The second-order valence-corrected chi connectivity index (χ2v) is 12.2. The van der Waals surface area contributed by atoms with Crippen LogP contribution < -0.4 is 5.32 Å². The molecule has 1 aromatic rings. The van der Waals surface area contributed by atoms with Gasteiger partial charge in [-0.3, -0.25) is 15.2 Å². The molecule has 2 unspecified atom stereocenters. The van der Waals surface area contributed by atoms with Crippen molar-refractivity contribution >= 4 is 41.7 Å². The van der Waals surface area contributed by atoms with Crippen molar-refractivity contribution in [1.82, 2.24) is 15.2 Å². The lowest BCUT2D eigenvalue weighted by molar-refractivity contribution is -0.0623. The van der Waals surface area contributed by atoms with Gasteiger partial charge >= 0.3 is 29.5 Å². The number of phosphoric acid groups is 3. The van der Waals surface area contributed by atoms with Crippen LogP contribution in [-0.4, -0.2) is 95.9 Å². The zero-order valence-electron chi connectivity index (χ0n) is 20.7. The first kappa shape index (κ1) is 33.9. The Hall–Kier alpha value is -2.33. The lowest BCUT2D eigenvalue weighted by Gasteiger charge is -2.23. The maximum absolute atomic E-state index is 12.4. The van der Waals surface area contributed by atoms with E-state index in [1.54, 1.807) is 19.9 Å². The summed E-state index contributed by atoms with van der Waals surface area (Å²) < 4.78 is 51.2. The van der Waals surface area contributed by atoms with E-state index in [2.05, 4.69) is 28.4 Å². The van der Waals surface area contributed by atoms with Crippen LogP contribution in [0, 0.1) is 16.7 Å². The van der Waals surface area contributed by atoms with Crippen molar-refractivity contribution < 1.29 is 66.2 Å². The van der Waals surface area contributed by atoms with Gasteiger partial charge in [0.15, 0.2) is 5.84 Å². The Bertz CT molecular complexity index is 1300. The number of rotatable bonds is 12. The zero-order chi connectivity index (χ0) is 30.5. The van der Waals surface area contributed by atoms with Gasteiger partial charge in [-0.05, 0) is 26.0 Å². The van der Waals surface area contributed by atoms with Crippen LogP contribution >= 0.6 is 23.5 Å². The number of nitrogens with zero attached hydrogens (tertiary/aromatic N) is 3. The van der Waals surface area contributed by atoms with Crippen LogP contribution in [0.2, 0.25) is 0 Å². The number of phosphoric ester groups is 1. The summed E-state index contributed by atoms with van der Waals surface area (Å²) in [6.07, 6.45) is -5.05. The maximum atomic E-state index is 12.4. The van der Waals surface area contributed by atoms with E-state index < -0.39 is 60.0 Å². The third-order valence-electron chi connectivity index (χ3n) is 5.25. The number of carbonyl (C=O) groups is 1. The molecule has 224 valence electrons. The van der Waals surface area contributed by atoms with Gasteiger partial charge in [-0.2, -0.15) is 13.9 Å². The summed E-state index contributed by atoms with van der Waals surface area (Å²) in [5, 5.41) is 40.7. The van der Waals surface area contributed by atoms with Gasteiger partial charge in [-0.15, -0.1) is 0 Å². The highest BCUT2D eigenvalue weighted by Crippen LogP contribution is 2.66. The monoisotopic (exact) mass is 632 g/mol. The molecule has 0 aromatic carbocycles. The third-order valence-corrected chi connectivity index (χ3v) is 9.06. The van der Waals surface area contributed by atoms with Crippen LogP contribution in [0.1, 0.15) is 25.2 Å². The van der Waals surface area contributed by atoms with Gasteiger partial charge in [0.2, 0.25) is 5.60 Å². The fraction of sp³-hybridized carbons (Fsp3) is 0.529. The Morgan fingerprint density at radius 1 is 1.23 bits per heavy atom. The van der Waals surface area contributed by atoms with Gasteiger partial charge in [0, 0.05) is 13.1 Å². The van der Waals surface area contributed by atoms with E-state index in [0.717, 1.165) is 0 Å². The fourth-order valence-electron chi connectivity index (χ4n) is 3.48. The van der Waals surface area contributed by atoms with Crippen LogP contribution in [0.15, 0.2) is 17.1 Å². The van der Waals surface area contributed by atoms with E-state index in [9.17, 15) is 43.8 Å². The Morgan fingerprint density at radius 2 is 1.85 bits per heavy atom. The highest BCUT2D eigenvalue weighted by molar-refractivity contribution is 7.66. The van der Waals surface area contributed by atoms with Crippen LogP contribution in [0.5, 0.6) is 0 Å². The number of hydrogen-bond donors (Lipinski definition) is 9. The SMILES string of the molecule is CCN(CC)C(=O)NC(=NC=N)c1ccc([C@]2(C#N)O[C@H](COP(=O)(O)OP(=O)(O)OP(=O)(O)O)[C@@H](O)[C@H]2O)[nH]1. The van der Waals surface area contributed by atoms with E-state index in [-0.39, 0.29) is 17.2 Å². The van der Waals surface area contributed by atoms with Gasteiger partial charge in [-0.1, -0.05) is 0 Å². The predicted molar refractivity (Wildman–Crippen MR) is 132 cm³/mol. The quantitative estimate of drug-likeness (QED) is 0.0804. The smallest absolute Gasteiger partial charge is 0.387 e. The van der Waals surface area contributed by atoms with Crippen molar-refractivity contribution in [2.45, 2.75) is 37.8 Å². The number of aliphatic hydroxyl groups is 2. The van der Waals surface area contributed by atoms with Gasteiger partial charge in [-0.25, -0.2) is 23.5 Å². The van der Waals surface area contributed by atoms with E-state index in [1.165, 1.54) is 17.0 Å². The Kier molecular flexibility index (Phi) is 11.1. The number of aliphatic imine (C=N–C) groups is 1. The summed E-state index contributed by atoms with van der Waals surface area (Å²) in [5.74, 6) is -0.136. The number of H-pyrrole nitrogens is 1.